The minimum atomic E-state index is -1.17. The second-order valence-electron chi connectivity index (χ2n) is 6.87. The highest BCUT2D eigenvalue weighted by molar-refractivity contribution is 5.90. The Morgan fingerprint density at radius 2 is 2.07 bits per heavy atom. The Hall–Kier alpha value is -2.74. The monoisotopic (exact) mass is 390 g/mol. The third-order valence-electron chi connectivity index (χ3n) is 4.91. The number of aliphatic carboxylic acids is 1. The molecule has 150 valence electrons. The minimum absolute atomic E-state index is 0.279. The largest absolute Gasteiger partial charge is 0.478 e. The van der Waals surface area contributed by atoms with Crippen molar-refractivity contribution in [3.05, 3.63) is 41.9 Å². The molecule has 0 radical (unpaired) electrons. The van der Waals surface area contributed by atoms with Crippen molar-refractivity contribution < 1.29 is 28.3 Å². The standard InChI is InChI=1S/C20H23FN2O5/c21-15-3-4-16-17(13-15)28-22-20(16)14-7-10-23(11-8-14)9-1-2-12-27-19(26)6-5-18(24)25/h3-6,13-14H,1-2,7-12H2,(H,24,25)/b6-5+. The first-order chi connectivity index (χ1) is 13.5. The minimum Gasteiger partial charge on any atom is -0.478 e. The number of nitrogens with zero attached hydrogens (tertiary/aromatic N) is 2. The highest BCUT2D eigenvalue weighted by Crippen LogP contribution is 2.32. The number of carboxylic acid groups (broad SMARTS) is 1. The molecule has 3 rings (SSSR count). The van der Waals surface area contributed by atoms with Gasteiger partial charge in [0.05, 0.1) is 12.3 Å². The lowest BCUT2D eigenvalue weighted by Gasteiger charge is -2.31. The van der Waals surface area contributed by atoms with Crippen molar-refractivity contribution in [3.63, 3.8) is 0 Å². The van der Waals surface area contributed by atoms with E-state index in [2.05, 4.69) is 10.1 Å². The Morgan fingerprint density at radius 1 is 1.29 bits per heavy atom. The van der Waals surface area contributed by atoms with Crippen LogP contribution in [0, 0.1) is 5.82 Å². The van der Waals surface area contributed by atoms with E-state index in [1.54, 1.807) is 6.07 Å². The van der Waals surface area contributed by atoms with Gasteiger partial charge in [-0.1, -0.05) is 5.16 Å². The van der Waals surface area contributed by atoms with E-state index in [0.717, 1.165) is 68.5 Å². The van der Waals surface area contributed by atoms with E-state index >= 15 is 0 Å². The molecule has 2 heterocycles. The van der Waals surface area contributed by atoms with Gasteiger partial charge in [-0.25, -0.2) is 14.0 Å². The predicted molar refractivity (Wildman–Crippen MR) is 99.4 cm³/mol. The van der Waals surface area contributed by atoms with Crippen LogP contribution in [-0.4, -0.2) is 53.3 Å². The summed E-state index contributed by atoms with van der Waals surface area (Å²) in [5, 5.41) is 13.5. The fourth-order valence-corrected chi connectivity index (χ4v) is 3.45. The summed E-state index contributed by atoms with van der Waals surface area (Å²) < 4.78 is 23.5. The summed E-state index contributed by atoms with van der Waals surface area (Å²) in [6.07, 6.45) is 5.23. The van der Waals surface area contributed by atoms with Gasteiger partial charge in [-0.05, 0) is 57.5 Å². The molecule has 1 aromatic heterocycles. The number of unbranched alkanes of at least 4 members (excludes halogenated alkanes) is 1. The number of carbonyl (C=O) groups is 2. The normalized spacial score (nSPS) is 16.0. The molecule has 1 aliphatic heterocycles. The number of rotatable bonds is 8. The SMILES string of the molecule is O=C(O)/C=C/C(=O)OCCCCN1CCC(c2noc3cc(F)ccc23)CC1. The summed E-state index contributed by atoms with van der Waals surface area (Å²) in [4.78, 5) is 23.9. The molecule has 1 aromatic carbocycles. The maximum Gasteiger partial charge on any atom is 0.331 e. The van der Waals surface area contributed by atoms with Crippen LogP contribution in [0.5, 0.6) is 0 Å². The lowest BCUT2D eigenvalue weighted by atomic mass is 9.91. The fourth-order valence-electron chi connectivity index (χ4n) is 3.45. The van der Waals surface area contributed by atoms with Crippen LogP contribution in [0.15, 0.2) is 34.9 Å². The molecular weight excluding hydrogens is 367 g/mol. The number of carbonyl (C=O) groups excluding carboxylic acids is 1. The Balaban J connectivity index is 1.36. The first-order valence-electron chi connectivity index (χ1n) is 9.38. The summed E-state index contributed by atoms with van der Waals surface area (Å²) in [6.45, 7) is 3.09. The van der Waals surface area contributed by atoms with E-state index in [4.69, 9.17) is 14.4 Å². The Kier molecular flexibility index (Phi) is 6.76. The zero-order valence-electron chi connectivity index (χ0n) is 15.5. The number of carboxylic acids is 1. The molecular formula is C20H23FN2O5. The van der Waals surface area contributed by atoms with Gasteiger partial charge in [0.25, 0.3) is 0 Å². The predicted octanol–water partition coefficient (Wildman–Crippen LogP) is 3.11. The van der Waals surface area contributed by atoms with Gasteiger partial charge in [-0.15, -0.1) is 0 Å². The Labute approximate surface area is 161 Å². The van der Waals surface area contributed by atoms with E-state index in [9.17, 15) is 14.0 Å². The molecule has 8 heteroatoms. The van der Waals surface area contributed by atoms with E-state index < -0.39 is 11.9 Å². The maximum absolute atomic E-state index is 13.3. The second-order valence-corrected chi connectivity index (χ2v) is 6.87. The quantitative estimate of drug-likeness (QED) is 0.420. The number of hydrogen-bond donors (Lipinski definition) is 1. The van der Waals surface area contributed by atoms with Gasteiger partial charge in [0.2, 0.25) is 0 Å². The van der Waals surface area contributed by atoms with Crippen LogP contribution in [0.2, 0.25) is 0 Å². The molecule has 7 nitrogen and oxygen atoms in total. The molecule has 28 heavy (non-hydrogen) atoms. The molecule has 0 amide bonds. The number of esters is 1. The van der Waals surface area contributed by atoms with Crippen LogP contribution in [0.1, 0.15) is 37.3 Å². The molecule has 2 aromatic rings. The highest BCUT2D eigenvalue weighted by atomic mass is 19.1. The molecule has 1 fully saturated rings. The molecule has 0 aliphatic carbocycles. The van der Waals surface area contributed by atoms with Crippen LogP contribution < -0.4 is 0 Å². The van der Waals surface area contributed by atoms with Crippen molar-refractivity contribution in [1.82, 2.24) is 10.1 Å². The van der Waals surface area contributed by atoms with E-state index in [-0.39, 0.29) is 12.4 Å². The number of likely N-dealkylation sites (tertiary alicyclic amines) is 1. The van der Waals surface area contributed by atoms with Crippen molar-refractivity contribution >= 4 is 22.9 Å². The molecule has 1 N–H and O–H groups in total. The van der Waals surface area contributed by atoms with Gasteiger partial charge in [-0.2, -0.15) is 0 Å². The topological polar surface area (TPSA) is 92.9 Å². The van der Waals surface area contributed by atoms with Crippen molar-refractivity contribution in [3.8, 4) is 0 Å². The van der Waals surface area contributed by atoms with Gasteiger partial charge in [0, 0.05) is 29.5 Å². The van der Waals surface area contributed by atoms with Crippen molar-refractivity contribution in [2.75, 3.05) is 26.2 Å². The molecule has 0 unspecified atom stereocenters. The van der Waals surface area contributed by atoms with E-state index in [1.807, 2.05) is 0 Å². The van der Waals surface area contributed by atoms with Gasteiger partial charge in [-0.3, -0.25) is 0 Å². The van der Waals surface area contributed by atoms with Crippen LogP contribution in [-0.2, 0) is 14.3 Å². The van der Waals surface area contributed by atoms with Crippen LogP contribution in [0.25, 0.3) is 11.0 Å². The van der Waals surface area contributed by atoms with Crippen molar-refractivity contribution in [2.45, 2.75) is 31.6 Å². The summed E-state index contributed by atoms with van der Waals surface area (Å²) in [5.74, 6) is -1.83. The number of benzene rings is 1. The van der Waals surface area contributed by atoms with Gasteiger partial charge < -0.3 is 19.3 Å². The number of fused-ring (bicyclic) bond motifs is 1. The number of piperidine rings is 1. The number of hydrogen-bond acceptors (Lipinski definition) is 6. The summed E-state index contributed by atoms with van der Waals surface area (Å²) >= 11 is 0. The Morgan fingerprint density at radius 3 is 2.82 bits per heavy atom. The van der Waals surface area contributed by atoms with Crippen molar-refractivity contribution in [2.24, 2.45) is 0 Å². The smallest absolute Gasteiger partial charge is 0.331 e. The first-order valence-corrected chi connectivity index (χ1v) is 9.38. The maximum atomic E-state index is 13.3. The summed E-state index contributed by atoms with van der Waals surface area (Å²) in [7, 11) is 0. The van der Waals surface area contributed by atoms with Crippen molar-refractivity contribution in [1.29, 1.82) is 0 Å². The average molecular weight is 390 g/mol. The average Bonchev–Trinajstić information content (AvgIpc) is 3.09. The first kappa shape index (κ1) is 20.0. The molecule has 0 bridgehead atoms. The number of halogens is 1. The Bertz CT molecular complexity index is 855. The number of ether oxygens (including phenoxy) is 1. The van der Waals surface area contributed by atoms with E-state index in [1.165, 1.54) is 12.1 Å². The highest BCUT2D eigenvalue weighted by Gasteiger charge is 2.24. The zero-order chi connectivity index (χ0) is 19.9. The lowest BCUT2D eigenvalue weighted by molar-refractivity contribution is -0.138. The molecule has 1 saturated heterocycles. The molecule has 0 spiro atoms. The van der Waals surface area contributed by atoms with Crippen LogP contribution in [0.3, 0.4) is 0 Å². The third-order valence-corrected chi connectivity index (χ3v) is 4.91. The second kappa shape index (κ2) is 9.45. The lowest BCUT2D eigenvalue weighted by Crippen LogP contribution is -2.33. The van der Waals surface area contributed by atoms with Gasteiger partial charge >= 0.3 is 11.9 Å². The van der Waals surface area contributed by atoms with Gasteiger partial charge in [0.1, 0.15) is 5.82 Å². The van der Waals surface area contributed by atoms with Crippen LogP contribution in [0.4, 0.5) is 4.39 Å². The molecule has 0 saturated carbocycles. The van der Waals surface area contributed by atoms with E-state index in [0.29, 0.717) is 11.5 Å². The van der Waals surface area contributed by atoms with Crippen LogP contribution >= 0.6 is 0 Å². The van der Waals surface area contributed by atoms with Gasteiger partial charge in [0.15, 0.2) is 5.58 Å². The number of aromatic nitrogens is 1. The summed E-state index contributed by atoms with van der Waals surface area (Å²) in [6, 6.07) is 4.53. The third kappa shape index (κ3) is 5.39. The molecule has 1 aliphatic rings. The fraction of sp³-hybridized carbons (Fsp3) is 0.450. The summed E-state index contributed by atoms with van der Waals surface area (Å²) in [5.41, 5.74) is 1.40. The molecule has 0 atom stereocenters. The zero-order valence-corrected chi connectivity index (χ0v) is 15.5.